The summed E-state index contributed by atoms with van der Waals surface area (Å²) in [6.07, 6.45) is 6.42. The van der Waals surface area contributed by atoms with Crippen LogP contribution in [0.25, 0.3) is 5.65 Å². The maximum Gasteiger partial charge on any atom is 0.162 e. The first-order valence-electron chi connectivity index (χ1n) is 9.05. The van der Waals surface area contributed by atoms with Gasteiger partial charge in [-0.2, -0.15) is 9.61 Å². The van der Waals surface area contributed by atoms with Gasteiger partial charge in [0.05, 0.1) is 6.20 Å². The number of nitrogens with one attached hydrogen (secondary N) is 2. The molecular weight excluding hydrogens is 336 g/mol. The third kappa shape index (κ3) is 4.06. The average Bonchev–Trinajstić information content (AvgIpc) is 3.09. The number of pyridine rings is 1. The zero-order valence-electron chi connectivity index (χ0n) is 15.3. The van der Waals surface area contributed by atoms with Crippen LogP contribution in [0.15, 0.2) is 67.1 Å². The highest BCUT2D eigenvalue weighted by atomic mass is 15.3. The van der Waals surface area contributed by atoms with E-state index < -0.39 is 0 Å². The molecule has 0 unspecified atom stereocenters. The van der Waals surface area contributed by atoms with Crippen LogP contribution in [-0.4, -0.2) is 26.1 Å². The first-order valence-corrected chi connectivity index (χ1v) is 9.05. The summed E-state index contributed by atoms with van der Waals surface area (Å²) < 4.78 is 1.84. The van der Waals surface area contributed by atoms with Crippen molar-refractivity contribution in [1.29, 1.82) is 0 Å². The van der Waals surface area contributed by atoms with E-state index in [1.165, 1.54) is 5.56 Å². The summed E-state index contributed by atoms with van der Waals surface area (Å²) >= 11 is 0. The maximum absolute atomic E-state index is 4.72. The van der Waals surface area contributed by atoms with Crippen LogP contribution in [0, 0.1) is 6.92 Å². The molecule has 0 aliphatic carbocycles. The molecule has 0 atom stereocenters. The van der Waals surface area contributed by atoms with Crippen molar-refractivity contribution in [3.63, 3.8) is 0 Å². The van der Waals surface area contributed by atoms with Crippen LogP contribution in [0.4, 0.5) is 11.6 Å². The highest BCUT2D eigenvalue weighted by Gasteiger charge is 2.09. The van der Waals surface area contributed by atoms with Crippen molar-refractivity contribution in [3.05, 3.63) is 83.8 Å². The molecule has 4 aromatic rings. The molecule has 4 rings (SSSR count). The van der Waals surface area contributed by atoms with E-state index in [4.69, 9.17) is 4.98 Å². The lowest BCUT2D eigenvalue weighted by atomic mass is 10.1. The molecular formula is C21H22N6. The summed E-state index contributed by atoms with van der Waals surface area (Å²) in [7, 11) is 0. The van der Waals surface area contributed by atoms with Gasteiger partial charge in [0.15, 0.2) is 5.65 Å². The van der Waals surface area contributed by atoms with E-state index in [2.05, 4.69) is 45.0 Å². The Morgan fingerprint density at radius 1 is 0.963 bits per heavy atom. The Morgan fingerprint density at radius 2 is 1.81 bits per heavy atom. The first kappa shape index (κ1) is 17.0. The fraction of sp³-hybridized carbons (Fsp3) is 0.190. The van der Waals surface area contributed by atoms with Crippen LogP contribution in [0.1, 0.15) is 16.7 Å². The fourth-order valence-corrected chi connectivity index (χ4v) is 2.96. The van der Waals surface area contributed by atoms with Crippen molar-refractivity contribution in [3.8, 4) is 0 Å². The highest BCUT2D eigenvalue weighted by Crippen LogP contribution is 2.19. The number of anilines is 2. The molecule has 6 nitrogen and oxygen atoms in total. The zero-order valence-corrected chi connectivity index (χ0v) is 15.3. The van der Waals surface area contributed by atoms with Gasteiger partial charge in [0.2, 0.25) is 0 Å². The van der Waals surface area contributed by atoms with Crippen molar-refractivity contribution in [2.45, 2.75) is 19.9 Å². The van der Waals surface area contributed by atoms with Gasteiger partial charge in [-0.15, -0.1) is 0 Å². The number of benzene rings is 1. The van der Waals surface area contributed by atoms with Crippen molar-refractivity contribution < 1.29 is 0 Å². The maximum atomic E-state index is 4.72. The van der Waals surface area contributed by atoms with Crippen LogP contribution in [0.5, 0.6) is 0 Å². The molecule has 136 valence electrons. The minimum absolute atomic E-state index is 0.676. The minimum Gasteiger partial charge on any atom is -0.370 e. The smallest absolute Gasteiger partial charge is 0.162 e. The summed E-state index contributed by atoms with van der Waals surface area (Å²) in [5.74, 6) is 1.75. The fourth-order valence-electron chi connectivity index (χ4n) is 2.96. The predicted octanol–water partition coefficient (Wildman–Crippen LogP) is 3.70. The van der Waals surface area contributed by atoms with E-state index in [0.29, 0.717) is 6.54 Å². The Bertz CT molecular complexity index is 1010. The number of hydrogen-bond donors (Lipinski definition) is 2. The predicted molar refractivity (Wildman–Crippen MR) is 108 cm³/mol. The minimum atomic E-state index is 0.676. The zero-order chi connectivity index (χ0) is 18.5. The van der Waals surface area contributed by atoms with Crippen molar-refractivity contribution in [1.82, 2.24) is 19.6 Å². The lowest BCUT2D eigenvalue weighted by Gasteiger charge is -2.12. The third-order valence-electron chi connectivity index (χ3n) is 4.41. The third-order valence-corrected chi connectivity index (χ3v) is 4.41. The lowest BCUT2D eigenvalue weighted by Crippen LogP contribution is -2.10. The summed E-state index contributed by atoms with van der Waals surface area (Å²) in [5.41, 5.74) is 4.32. The number of hydrogen-bond acceptors (Lipinski definition) is 5. The molecule has 0 spiro atoms. The van der Waals surface area contributed by atoms with Crippen LogP contribution >= 0.6 is 0 Å². The molecule has 3 heterocycles. The van der Waals surface area contributed by atoms with Gasteiger partial charge in [-0.05, 0) is 30.5 Å². The van der Waals surface area contributed by atoms with E-state index in [9.17, 15) is 0 Å². The Hall–Kier alpha value is -3.41. The van der Waals surface area contributed by atoms with Gasteiger partial charge >= 0.3 is 0 Å². The van der Waals surface area contributed by atoms with Gasteiger partial charge in [-0.1, -0.05) is 36.4 Å². The van der Waals surface area contributed by atoms with E-state index in [1.807, 2.05) is 48.1 Å². The molecule has 0 amide bonds. The highest BCUT2D eigenvalue weighted by molar-refractivity contribution is 5.60. The van der Waals surface area contributed by atoms with Crippen LogP contribution < -0.4 is 10.6 Å². The summed E-state index contributed by atoms with van der Waals surface area (Å²) in [6, 6.07) is 16.4. The van der Waals surface area contributed by atoms with E-state index >= 15 is 0 Å². The lowest BCUT2D eigenvalue weighted by molar-refractivity contribution is 0.919. The van der Waals surface area contributed by atoms with Crippen LogP contribution in [0.2, 0.25) is 0 Å². The molecule has 0 aliphatic rings. The second kappa shape index (κ2) is 7.86. The normalized spacial score (nSPS) is 10.9. The second-order valence-electron chi connectivity index (χ2n) is 6.47. The van der Waals surface area contributed by atoms with Gasteiger partial charge in [0.1, 0.15) is 11.6 Å². The molecule has 0 saturated carbocycles. The molecule has 0 fully saturated rings. The molecule has 6 heteroatoms. The van der Waals surface area contributed by atoms with E-state index in [0.717, 1.165) is 41.4 Å². The van der Waals surface area contributed by atoms with Gasteiger partial charge in [0, 0.05) is 37.1 Å². The molecule has 0 aliphatic heterocycles. The number of aromatic nitrogens is 4. The monoisotopic (exact) mass is 358 g/mol. The topological polar surface area (TPSA) is 67.1 Å². The van der Waals surface area contributed by atoms with Gasteiger partial charge < -0.3 is 10.6 Å². The van der Waals surface area contributed by atoms with E-state index in [1.54, 1.807) is 6.20 Å². The average molecular weight is 358 g/mol. The van der Waals surface area contributed by atoms with Crippen LogP contribution in [-0.2, 0) is 13.0 Å². The van der Waals surface area contributed by atoms with Gasteiger partial charge in [0.25, 0.3) is 0 Å². The molecule has 2 N–H and O–H groups in total. The van der Waals surface area contributed by atoms with Crippen LogP contribution in [0.3, 0.4) is 0 Å². The molecule has 0 bridgehead atoms. The summed E-state index contributed by atoms with van der Waals surface area (Å²) in [4.78, 5) is 8.88. The molecule has 0 radical (unpaired) electrons. The summed E-state index contributed by atoms with van der Waals surface area (Å²) in [6.45, 7) is 3.52. The molecule has 3 aromatic heterocycles. The van der Waals surface area contributed by atoms with Gasteiger partial charge in [-0.25, -0.2) is 4.98 Å². The number of fused-ring (bicyclic) bond motifs is 1. The Labute approximate surface area is 158 Å². The Kier molecular flexibility index (Phi) is 4.96. The molecule has 27 heavy (non-hydrogen) atoms. The van der Waals surface area contributed by atoms with E-state index in [-0.39, 0.29) is 0 Å². The van der Waals surface area contributed by atoms with Gasteiger partial charge in [-0.3, -0.25) is 4.98 Å². The number of nitrogens with zero attached hydrogens (tertiary/aromatic N) is 4. The second-order valence-corrected chi connectivity index (χ2v) is 6.47. The first-order chi connectivity index (χ1) is 13.3. The van der Waals surface area contributed by atoms with Crippen molar-refractivity contribution in [2.75, 3.05) is 17.2 Å². The molecule has 0 saturated heterocycles. The summed E-state index contributed by atoms with van der Waals surface area (Å²) in [5, 5.41) is 11.3. The largest absolute Gasteiger partial charge is 0.370 e. The SMILES string of the molecule is Cc1cnn2c(NCc3cccnc3)cc(NCCc3ccccc3)nc12. The van der Waals surface area contributed by atoms with Crippen molar-refractivity contribution >= 4 is 17.3 Å². The van der Waals surface area contributed by atoms with Crippen molar-refractivity contribution in [2.24, 2.45) is 0 Å². The number of rotatable bonds is 7. The molecule has 1 aromatic carbocycles. The Morgan fingerprint density at radius 3 is 2.63 bits per heavy atom. The Balaban J connectivity index is 1.51. The quantitative estimate of drug-likeness (QED) is 0.527. The standard InChI is InChI=1S/C21H22N6/c1-16-13-25-27-20(24-15-18-8-5-10-22-14-18)12-19(26-21(16)27)23-11-9-17-6-3-2-4-7-17/h2-8,10,12-14,24H,9,11,15H2,1H3,(H,23,26). The number of aryl methyl sites for hydroxylation is 1.